The first kappa shape index (κ1) is 10.2. The zero-order valence-electron chi connectivity index (χ0n) is 8.81. The standard InChI is InChI=1S/C10H13N3O2S/c14-8(6-3-4-6)11-10-13-12-9(16-10)7-2-1-5-15-7/h6-7H,1-5H2,(H,11,13,14)/t7-/m0/s1. The van der Waals surface area contributed by atoms with E-state index in [2.05, 4.69) is 15.5 Å². The number of hydrogen-bond donors (Lipinski definition) is 1. The molecule has 1 aliphatic heterocycles. The van der Waals surface area contributed by atoms with Crippen molar-refractivity contribution in [3.8, 4) is 0 Å². The van der Waals surface area contributed by atoms with Crippen LogP contribution in [0.15, 0.2) is 0 Å². The lowest BCUT2D eigenvalue weighted by atomic mass is 10.2. The molecule has 1 aromatic rings. The number of anilines is 1. The molecule has 2 aliphatic rings. The number of hydrogen-bond acceptors (Lipinski definition) is 5. The molecule has 0 bridgehead atoms. The molecule has 0 unspecified atom stereocenters. The van der Waals surface area contributed by atoms with Crippen molar-refractivity contribution in [2.24, 2.45) is 5.92 Å². The molecule has 3 rings (SSSR count). The predicted molar refractivity (Wildman–Crippen MR) is 59.2 cm³/mol. The van der Waals surface area contributed by atoms with Crippen molar-refractivity contribution in [2.45, 2.75) is 31.8 Å². The molecule has 2 heterocycles. The van der Waals surface area contributed by atoms with Crippen molar-refractivity contribution in [3.63, 3.8) is 0 Å². The number of nitrogens with zero attached hydrogens (tertiary/aromatic N) is 2. The Labute approximate surface area is 97.2 Å². The highest BCUT2D eigenvalue weighted by molar-refractivity contribution is 7.15. The van der Waals surface area contributed by atoms with Crippen molar-refractivity contribution in [3.05, 3.63) is 5.01 Å². The summed E-state index contributed by atoms with van der Waals surface area (Å²) >= 11 is 1.42. The lowest BCUT2D eigenvalue weighted by Crippen LogP contribution is -2.12. The third kappa shape index (κ3) is 2.08. The fraction of sp³-hybridized carbons (Fsp3) is 0.700. The fourth-order valence-electron chi connectivity index (χ4n) is 1.74. The molecule has 1 atom stereocenters. The van der Waals surface area contributed by atoms with Gasteiger partial charge in [0.1, 0.15) is 11.1 Å². The van der Waals surface area contributed by atoms with E-state index in [4.69, 9.17) is 4.74 Å². The van der Waals surface area contributed by atoms with Gasteiger partial charge in [-0.3, -0.25) is 4.79 Å². The van der Waals surface area contributed by atoms with Gasteiger partial charge in [0.05, 0.1) is 0 Å². The molecule has 1 aromatic heterocycles. The molecular weight excluding hydrogens is 226 g/mol. The van der Waals surface area contributed by atoms with Crippen molar-refractivity contribution in [1.29, 1.82) is 0 Å². The lowest BCUT2D eigenvalue weighted by Gasteiger charge is -2.02. The van der Waals surface area contributed by atoms with Crippen LogP contribution in [0.25, 0.3) is 0 Å². The van der Waals surface area contributed by atoms with Crippen LogP contribution in [0.1, 0.15) is 36.8 Å². The van der Waals surface area contributed by atoms with Gasteiger partial charge in [0.15, 0.2) is 0 Å². The molecule has 16 heavy (non-hydrogen) atoms. The van der Waals surface area contributed by atoms with Gasteiger partial charge in [0, 0.05) is 12.5 Å². The number of amides is 1. The highest BCUT2D eigenvalue weighted by Gasteiger charge is 2.30. The smallest absolute Gasteiger partial charge is 0.229 e. The van der Waals surface area contributed by atoms with Gasteiger partial charge in [-0.25, -0.2) is 0 Å². The Morgan fingerprint density at radius 2 is 2.25 bits per heavy atom. The molecule has 1 amide bonds. The summed E-state index contributed by atoms with van der Waals surface area (Å²) in [6.45, 7) is 0.800. The minimum absolute atomic E-state index is 0.0787. The van der Waals surface area contributed by atoms with E-state index in [0.717, 1.165) is 37.3 Å². The number of ether oxygens (including phenoxy) is 1. The summed E-state index contributed by atoms with van der Waals surface area (Å²) in [6.07, 6.45) is 4.18. The number of rotatable bonds is 3. The highest BCUT2D eigenvalue weighted by atomic mass is 32.1. The number of carbonyl (C=O) groups excluding carboxylic acids is 1. The molecule has 1 saturated carbocycles. The Kier molecular flexibility index (Phi) is 2.61. The monoisotopic (exact) mass is 239 g/mol. The summed E-state index contributed by atoms with van der Waals surface area (Å²) in [5.74, 6) is 0.283. The van der Waals surface area contributed by atoms with Gasteiger partial charge in [-0.1, -0.05) is 11.3 Å². The largest absolute Gasteiger partial charge is 0.371 e. The van der Waals surface area contributed by atoms with Gasteiger partial charge in [-0.2, -0.15) is 0 Å². The molecule has 6 heteroatoms. The minimum atomic E-state index is 0.0787. The zero-order chi connectivity index (χ0) is 11.0. The van der Waals surface area contributed by atoms with Crippen LogP contribution in [-0.4, -0.2) is 22.7 Å². The van der Waals surface area contributed by atoms with Crippen molar-refractivity contribution < 1.29 is 9.53 Å². The summed E-state index contributed by atoms with van der Waals surface area (Å²) in [5.41, 5.74) is 0. The first-order chi connectivity index (χ1) is 7.83. The quantitative estimate of drug-likeness (QED) is 0.872. The molecular formula is C10H13N3O2S. The Hall–Kier alpha value is -1.01. The summed E-state index contributed by atoms with van der Waals surface area (Å²) in [7, 11) is 0. The van der Waals surface area contributed by atoms with Crippen molar-refractivity contribution in [2.75, 3.05) is 11.9 Å². The maximum Gasteiger partial charge on any atom is 0.229 e. The van der Waals surface area contributed by atoms with E-state index in [1.807, 2.05) is 0 Å². The summed E-state index contributed by atoms with van der Waals surface area (Å²) in [6, 6.07) is 0. The van der Waals surface area contributed by atoms with Gasteiger partial charge in [-0.05, 0) is 25.7 Å². The molecule has 0 radical (unpaired) electrons. The average molecular weight is 239 g/mol. The second-order valence-corrected chi connectivity index (χ2v) is 5.22. The van der Waals surface area contributed by atoms with Crippen LogP contribution in [0.3, 0.4) is 0 Å². The Balaban J connectivity index is 1.64. The van der Waals surface area contributed by atoms with E-state index < -0.39 is 0 Å². The molecule has 5 nitrogen and oxygen atoms in total. The first-order valence-corrected chi connectivity index (χ1v) is 6.40. The second-order valence-electron chi connectivity index (χ2n) is 4.21. The van der Waals surface area contributed by atoms with Gasteiger partial charge < -0.3 is 10.1 Å². The van der Waals surface area contributed by atoms with Crippen LogP contribution in [0.2, 0.25) is 0 Å². The summed E-state index contributed by atoms with van der Waals surface area (Å²) in [4.78, 5) is 11.5. The SMILES string of the molecule is O=C(Nc1nnc([C@@H]2CCCO2)s1)C1CC1. The van der Waals surface area contributed by atoms with E-state index in [-0.39, 0.29) is 17.9 Å². The third-order valence-corrected chi connectivity index (χ3v) is 3.75. The van der Waals surface area contributed by atoms with Crippen LogP contribution in [0, 0.1) is 5.92 Å². The van der Waals surface area contributed by atoms with Crippen LogP contribution in [0.4, 0.5) is 5.13 Å². The van der Waals surface area contributed by atoms with Crippen LogP contribution in [0.5, 0.6) is 0 Å². The third-order valence-electron chi connectivity index (χ3n) is 2.82. The summed E-state index contributed by atoms with van der Waals surface area (Å²) < 4.78 is 5.51. The highest BCUT2D eigenvalue weighted by Crippen LogP contribution is 2.33. The maximum absolute atomic E-state index is 11.5. The Morgan fingerprint density at radius 1 is 1.38 bits per heavy atom. The fourth-order valence-corrected chi connectivity index (χ4v) is 2.57. The topological polar surface area (TPSA) is 64.1 Å². The molecule has 86 valence electrons. The first-order valence-electron chi connectivity index (χ1n) is 5.59. The molecule has 1 N–H and O–H groups in total. The van der Waals surface area contributed by atoms with Gasteiger partial charge in [-0.15, -0.1) is 10.2 Å². The molecule has 0 spiro atoms. The lowest BCUT2D eigenvalue weighted by molar-refractivity contribution is -0.117. The number of carbonyl (C=O) groups is 1. The van der Waals surface area contributed by atoms with Crippen molar-refractivity contribution in [1.82, 2.24) is 10.2 Å². The van der Waals surface area contributed by atoms with Crippen LogP contribution >= 0.6 is 11.3 Å². The molecule has 1 aliphatic carbocycles. The van der Waals surface area contributed by atoms with E-state index >= 15 is 0 Å². The van der Waals surface area contributed by atoms with E-state index in [1.165, 1.54) is 11.3 Å². The van der Waals surface area contributed by atoms with E-state index in [0.29, 0.717) is 5.13 Å². The van der Waals surface area contributed by atoms with E-state index in [1.54, 1.807) is 0 Å². The molecule has 0 aromatic carbocycles. The predicted octanol–water partition coefficient (Wildman–Crippen LogP) is 1.74. The number of nitrogens with one attached hydrogen (secondary N) is 1. The van der Waals surface area contributed by atoms with Gasteiger partial charge >= 0.3 is 0 Å². The Morgan fingerprint density at radius 3 is 2.94 bits per heavy atom. The van der Waals surface area contributed by atoms with Crippen LogP contribution in [-0.2, 0) is 9.53 Å². The van der Waals surface area contributed by atoms with E-state index in [9.17, 15) is 4.79 Å². The summed E-state index contributed by atoms with van der Waals surface area (Å²) in [5, 5.41) is 12.3. The normalized spacial score (nSPS) is 24.6. The van der Waals surface area contributed by atoms with Gasteiger partial charge in [0.25, 0.3) is 0 Å². The zero-order valence-corrected chi connectivity index (χ0v) is 9.63. The van der Waals surface area contributed by atoms with Crippen LogP contribution < -0.4 is 5.32 Å². The minimum Gasteiger partial charge on any atom is -0.371 e. The van der Waals surface area contributed by atoms with Crippen molar-refractivity contribution >= 4 is 22.4 Å². The van der Waals surface area contributed by atoms with Gasteiger partial charge in [0.2, 0.25) is 11.0 Å². The maximum atomic E-state index is 11.5. The molecule has 1 saturated heterocycles. The molecule has 2 fully saturated rings. The second kappa shape index (κ2) is 4.10. The Bertz CT molecular complexity index is 397. The average Bonchev–Trinajstić information content (AvgIpc) is 2.80. The number of aromatic nitrogens is 2.